The van der Waals surface area contributed by atoms with E-state index >= 15 is 0 Å². The molecule has 1 aromatic carbocycles. The summed E-state index contributed by atoms with van der Waals surface area (Å²) < 4.78 is 6.48. The molecule has 2 heterocycles. The zero-order chi connectivity index (χ0) is 14.1. The molecule has 6 nitrogen and oxygen atoms in total. The predicted molar refractivity (Wildman–Crippen MR) is 79.9 cm³/mol. The van der Waals surface area contributed by atoms with Crippen LogP contribution in [-0.2, 0) is 0 Å². The van der Waals surface area contributed by atoms with Gasteiger partial charge in [0.05, 0.1) is 17.2 Å². The first-order chi connectivity index (χ1) is 9.66. The van der Waals surface area contributed by atoms with Crippen molar-refractivity contribution in [3.63, 3.8) is 0 Å². The fourth-order valence-electron chi connectivity index (χ4n) is 1.92. The summed E-state index contributed by atoms with van der Waals surface area (Å²) in [6.07, 6.45) is 1.50. The van der Waals surface area contributed by atoms with Crippen LogP contribution in [0.2, 0.25) is 0 Å². The Morgan fingerprint density at radius 3 is 2.80 bits per heavy atom. The molecule has 0 bridgehead atoms. The highest BCUT2D eigenvalue weighted by molar-refractivity contribution is 7.80. The molecular weight excluding hydrogens is 276 g/mol. The third kappa shape index (κ3) is 2.04. The molecule has 3 N–H and O–H groups in total. The largest absolute Gasteiger partial charge is 0.461 e. The number of furan rings is 1. The maximum atomic E-state index is 12.5. The average molecular weight is 286 g/mol. The third-order valence-electron chi connectivity index (χ3n) is 2.74. The Labute approximate surface area is 118 Å². The first-order valence-corrected chi connectivity index (χ1v) is 6.20. The van der Waals surface area contributed by atoms with Crippen molar-refractivity contribution in [3.05, 3.63) is 53.0 Å². The lowest BCUT2D eigenvalue weighted by atomic mass is 10.2. The van der Waals surface area contributed by atoms with Crippen LogP contribution in [0.5, 0.6) is 0 Å². The lowest BCUT2D eigenvalue weighted by Gasteiger charge is -2.12. The number of thiocarbonyl (C=S) groups is 1. The Morgan fingerprint density at radius 1 is 1.30 bits per heavy atom. The van der Waals surface area contributed by atoms with Gasteiger partial charge in [-0.15, -0.1) is 0 Å². The number of benzene rings is 1. The fraction of sp³-hybridized carbons (Fsp3) is 0. The van der Waals surface area contributed by atoms with E-state index in [2.05, 4.69) is 10.4 Å². The van der Waals surface area contributed by atoms with Crippen molar-refractivity contribution in [1.82, 2.24) is 9.66 Å². The van der Waals surface area contributed by atoms with Gasteiger partial charge in [-0.05, 0) is 36.5 Å². The van der Waals surface area contributed by atoms with E-state index in [1.54, 1.807) is 30.3 Å². The number of nitrogens with zero attached hydrogens (tertiary/aromatic N) is 2. The van der Waals surface area contributed by atoms with Gasteiger partial charge in [-0.2, -0.15) is 4.68 Å². The van der Waals surface area contributed by atoms with E-state index in [1.165, 1.54) is 10.9 Å². The molecule has 0 unspecified atom stereocenters. The standard InChI is InChI=1S/C13H10N4O2S/c14-13(20)16-17-11(10-6-3-7-19-10)15-9-5-2-1-4-8(9)12(17)18/h1-7H,(H3,14,16,20). The molecule has 0 saturated carbocycles. The number of fused-ring (bicyclic) bond motifs is 1. The van der Waals surface area contributed by atoms with E-state index in [4.69, 9.17) is 22.4 Å². The number of nitrogens with one attached hydrogen (secondary N) is 1. The number of para-hydroxylation sites is 1. The van der Waals surface area contributed by atoms with E-state index in [9.17, 15) is 4.79 Å². The zero-order valence-electron chi connectivity index (χ0n) is 10.2. The summed E-state index contributed by atoms with van der Waals surface area (Å²) in [6, 6.07) is 10.4. The lowest BCUT2D eigenvalue weighted by molar-refractivity contribution is 0.573. The average Bonchev–Trinajstić information content (AvgIpc) is 2.95. The summed E-state index contributed by atoms with van der Waals surface area (Å²) in [5.74, 6) is 0.753. The number of nitrogens with two attached hydrogens (primary N) is 1. The number of aromatic nitrogens is 2. The van der Waals surface area contributed by atoms with Crippen molar-refractivity contribution >= 4 is 28.2 Å². The van der Waals surface area contributed by atoms with Crippen molar-refractivity contribution in [3.8, 4) is 11.6 Å². The van der Waals surface area contributed by atoms with Crippen molar-refractivity contribution in [2.75, 3.05) is 5.43 Å². The van der Waals surface area contributed by atoms with Gasteiger partial charge in [-0.1, -0.05) is 12.1 Å². The molecule has 2 aromatic heterocycles. The Kier molecular flexibility index (Phi) is 2.96. The lowest BCUT2D eigenvalue weighted by Crippen LogP contribution is -2.37. The quantitative estimate of drug-likeness (QED) is 0.693. The van der Waals surface area contributed by atoms with Crippen LogP contribution < -0.4 is 16.7 Å². The van der Waals surface area contributed by atoms with Crippen LogP contribution >= 0.6 is 12.2 Å². The molecule has 0 aliphatic heterocycles. The molecule has 0 radical (unpaired) electrons. The first kappa shape index (κ1) is 12.4. The second-order valence-electron chi connectivity index (χ2n) is 4.05. The number of rotatable bonds is 2. The minimum absolute atomic E-state index is 0.0306. The molecule has 0 amide bonds. The summed E-state index contributed by atoms with van der Waals surface area (Å²) in [5.41, 5.74) is 8.35. The summed E-state index contributed by atoms with van der Waals surface area (Å²) in [5, 5.41) is 0.434. The van der Waals surface area contributed by atoms with Crippen LogP contribution in [0.3, 0.4) is 0 Å². The molecule has 3 rings (SSSR count). The van der Waals surface area contributed by atoms with Crippen LogP contribution in [0.15, 0.2) is 51.9 Å². The molecule has 0 aliphatic carbocycles. The maximum absolute atomic E-state index is 12.5. The van der Waals surface area contributed by atoms with Gasteiger partial charge in [0.1, 0.15) is 0 Å². The highest BCUT2D eigenvalue weighted by Crippen LogP contribution is 2.18. The minimum Gasteiger partial charge on any atom is -0.461 e. The Morgan fingerprint density at radius 2 is 2.10 bits per heavy atom. The molecule has 0 spiro atoms. The molecule has 3 aromatic rings. The molecule has 20 heavy (non-hydrogen) atoms. The smallest absolute Gasteiger partial charge is 0.280 e. The Balaban J connectivity index is 2.36. The normalized spacial score (nSPS) is 10.6. The number of hydrogen-bond donors (Lipinski definition) is 2. The number of hydrogen-bond acceptors (Lipinski definition) is 4. The second-order valence-corrected chi connectivity index (χ2v) is 4.49. The van der Waals surface area contributed by atoms with E-state index in [0.717, 1.165) is 0 Å². The minimum atomic E-state index is -0.296. The van der Waals surface area contributed by atoms with Gasteiger partial charge in [0.2, 0.25) is 0 Å². The SMILES string of the molecule is NC(=S)Nn1c(-c2ccco2)nc2ccccc2c1=O. The topological polar surface area (TPSA) is 86.1 Å². The van der Waals surface area contributed by atoms with Crippen molar-refractivity contribution in [2.24, 2.45) is 5.73 Å². The first-order valence-electron chi connectivity index (χ1n) is 5.79. The molecule has 0 aliphatic rings. The monoisotopic (exact) mass is 286 g/mol. The Bertz CT molecular complexity index is 839. The summed E-state index contributed by atoms with van der Waals surface area (Å²) >= 11 is 4.80. The van der Waals surface area contributed by atoms with Crippen LogP contribution in [0.25, 0.3) is 22.5 Å². The highest BCUT2D eigenvalue weighted by atomic mass is 32.1. The van der Waals surface area contributed by atoms with Crippen molar-refractivity contribution in [2.45, 2.75) is 0 Å². The Hall–Kier alpha value is -2.67. The molecule has 0 saturated heterocycles. The van der Waals surface area contributed by atoms with Gasteiger partial charge >= 0.3 is 0 Å². The van der Waals surface area contributed by atoms with Gasteiger partial charge < -0.3 is 10.2 Å². The molecule has 7 heteroatoms. The van der Waals surface area contributed by atoms with E-state index in [-0.39, 0.29) is 10.7 Å². The van der Waals surface area contributed by atoms with Crippen molar-refractivity contribution in [1.29, 1.82) is 0 Å². The van der Waals surface area contributed by atoms with Crippen LogP contribution in [0.4, 0.5) is 0 Å². The summed E-state index contributed by atoms with van der Waals surface area (Å²) in [4.78, 5) is 16.9. The molecule has 0 atom stereocenters. The van der Waals surface area contributed by atoms with E-state index in [1.807, 2.05) is 6.07 Å². The van der Waals surface area contributed by atoms with E-state index < -0.39 is 0 Å². The predicted octanol–water partition coefficient (Wildman–Crippen LogP) is 1.44. The maximum Gasteiger partial charge on any atom is 0.280 e. The molecular formula is C13H10N4O2S. The zero-order valence-corrected chi connectivity index (χ0v) is 11.1. The van der Waals surface area contributed by atoms with Crippen LogP contribution in [0, 0.1) is 0 Å². The van der Waals surface area contributed by atoms with Crippen LogP contribution in [0.1, 0.15) is 0 Å². The van der Waals surface area contributed by atoms with Gasteiger partial charge in [0, 0.05) is 0 Å². The molecule has 100 valence electrons. The van der Waals surface area contributed by atoms with Gasteiger partial charge in [-0.25, -0.2) is 4.98 Å². The van der Waals surface area contributed by atoms with Gasteiger partial charge in [0.25, 0.3) is 5.56 Å². The van der Waals surface area contributed by atoms with Crippen LogP contribution in [-0.4, -0.2) is 14.8 Å². The summed E-state index contributed by atoms with van der Waals surface area (Å²) in [7, 11) is 0. The fourth-order valence-corrected chi connectivity index (χ4v) is 2.01. The van der Waals surface area contributed by atoms with Gasteiger partial charge in [-0.3, -0.25) is 10.2 Å². The third-order valence-corrected chi connectivity index (χ3v) is 2.83. The summed E-state index contributed by atoms with van der Waals surface area (Å²) in [6.45, 7) is 0. The highest BCUT2D eigenvalue weighted by Gasteiger charge is 2.14. The van der Waals surface area contributed by atoms with Crippen molar-refractivity contribution < 1.29 is 4.42 Å². The second kappa shape index (κ2) is 4.78. The molecule has 0 fully saturated rings. The van der Waals surface area contributed by atoms with Gasteiger partial charge in [0.15, 0.2) is 16.7 Å². The van der Waals surface area contributed by atoms with E-state index in [0.29, 0.717) is 22.5 Å².